The van der Waals surface area contributed by atoms with Crippen molar-refractivity contribution in [2.24, 2.45) is 5.10 Å². The van der Waals surface area contributed by atoms with E-state index < -0.39 is 11.8 Å². The quantitative estimate of drug-likeness (QED) is 0.232. The maximum Gasteiger partial charge on any atom is 0.329 e. The van der Waals surface area contributed by atoms with Crippen molar-refractivity contribution in [3.63, 3.8) is 0 Å². The molecule has 4 aromatic carbocycles. The van der Waals surface area contributed by atoms with Crippen LogP contribution in [0.5, 0.6) is 11.5 Å². The Balaban J connectivity index is 1.34. The molecule has 2 N–H and O–H groups in total. The van der Waals surface area contributed by atoms with Crippen molar-refractivity contribution in [2.45, 2.75) is 0 Å². The Labute approximate surface area is 177 Å². The van der Waals surface area contributed by atoms with Crippen LogP contribution in [-0.2, 0) is 9.59 Å². The van der Waals surface area contributed by atoms with E-state index in [4.69, 9.17) is 9.47 Å². The van der Waals surface area contributed by atoms with Crippen molar-refractivity contribution in [3.05, 3.63) is 78.4 Å². The minimum absolute atomic E-state index is 0.130. The topological polar surface area (TPSA) is 89.0 Å². The monoisotopic (exact) mass is 411 g/mol. The van der Waals surface area contributed by atoms with Gasteiger partial charge in [-0.2, -0.15) is 5.10 Å². The summed E-state index contributed by atoms with van der Waals surface area (Å²) in [5.41, 5.74) is 3.59. The number of benzene rings is 4. The summed E-state index contributed by atoms with van der Waals surface area (Å²) in [7, 11) is 0. The number of amides is 2. The van der Waals surface area contributed by atoms with Crippen molar-refractivity contribution >= 4 is 45.3 Å². The molecule has 0 bridgehead atoms. The van der Waals surface area contributed by atoms with Crippen molar-refractivity contribution < 1.29 is 19.1 Å². The summed E-state index contributed by atoms with van der Waals surface area (Å²) in [5, 5.41) is 10.7. The van der Waals surface area contributed by atoms with E-state index in [9.17, 15) is 9.59 Å². The fraction of sp³-hybridized carbons (Fsp3) is 0.0417. The molecule has 0 fully saturated rings. The minimum atomic E-state index is -0.876. The summed E-state index contributed by atoms with van der Waals surface area (Å²) in [4.78, 5) is 24.4. The number of fused-ring (bicyclic) bond motifs is 3. The first-order valence-corrected chi connectivity index (χ1v) is 9.63. The highest BCUT2D eigenvalue weighted by molar-refractivity contribution is 6.39. The first-order chi connectivity index (χ1) is 15.2. The Morgan fingerprint density at radius 1 is 0.806 bits per heavy atom. The number of nitrogens with zero attached hydrogens (tertiary/aromatic N) is 1. The van der Waals surface area contributed by atoms with Gasteiger partial charge in [0, 0.05) is 17.3 Å². The lowest BCUT2D eigenvalue weighted by atomic mass is 9.97. The molecule has 5 rings (SSSR count). The van der Waals surface area contributed by atoms with Gasteiger partial charge < -0.3 is 14.8 Å². The summed E-state index contributed by atoms with van der Waals surface area (Å²) in [6.45, 7) is 0.130. The number of hydrogen-bond acceptors (Lipinski definition) is 5. The number of anilines is 1. The Hall–Kier alpha value is -4.39. The first kappa shape index (κ1) is 18.6. The largest absolute Gasteiger partial charge is 0.454 e. The zero-order chi connectivity index (χ0) is 21.2. The second-order valence-corrected chi connectivity index (χ2v) is 6.95. The summed E-state index contributed by atoms with van der Waals surface area (Å²) < 4.78 is 10.5. The Morgan fingerprint density at radius 3 is 2.23 bits per heavy atom. The van der Waals surface area contributed by atoms with Gasteiger partial charge in [-0.25, -0.2) is 5.43 Å². The van der Waals surface area contributed by atoms with E-state index in [0.717, 1.165) is 27.1 Å². The summed E-state index contributed by atoms with van der Waals surface area (Å²) in [6, 6.07) is 22.9. The maximum atomic E-state index is 12.2. The average Bonchev–Trinajstić information content (AvgIpc) is 3.26. The van der Waals surface area contributed by atoms with Gasteiger partial charge in [-0.1, -0.05) is 48.5 Å². The van der Waals surface area contributed by atoms with Crippen molar-refractivity contribution in [3.8, 4) is 11.5 Å². The second kappa shape index (κ2) is 7.79. The number of carbonyl (C=O) groups is 2. The molecule has 0 saturated heterocycles. The zero-order valence-electron chi connectivity index (χ0n) is 16.3. The van der Waals surface area contributed by atoms with Crippen molar-refractivity contribution in [2.75, 3.05) is 12.1 Å². The van der Waals surface area contributed by atoms with Gasteiger partial charge >= 0.3 is 11.8 Å². The minimum Gasteiger partial charge on any atom is -0.454 e. The van der Waals surface area contributed by atoms with Gasteiger partial charge in [0.1, 0.15) is 0 Å². The molecule has 0 radical (unpaired) electrons. The van der Waals surface area contributed by atoms with E-state index in [1.807, 2.05) is 48.5 Å². The number of ether oxygens (including phenoxy) is 2. The Bertz CT molecular complexity index is 1310. The van der Waals surface area contributed by atoms with Crippen LogP contribution in [0.25, 0.3) is 21.5 Å². The second-order valence-electron chi connectivity index (χ2n) is 6.95. The highest BCUT2D eigenvalue weighted by Crippen LogP contribution is 2.34. The van der Waals surface area contributed by atoms with Crippen LogP contribution in [0.15, 0.2) is 77.9 Å². The first-order valence-electron chi connectivity index (χ1n) is 9.63. The predicted octanol–water partition coefficient (Wildman–Crippen LogP) is 3.81. The van der Waals surface area contributed by atoms with Crippen LogP contribution in [0.4, 0.5) is 5.69 Å². The zero-order valence-corrected chi connectivity index (χ0v) is 16.3. The van der Waals surface area contributed by atoms with E-state index in [1.54, 1.807) is 24.4 Å². The lowest BCUT2D eigenvalue weighted by molar-refractivity contribution is -0.136. The van der Waals surface area contributed by atoms with E-state index >= 15 is 0 Å². The number of rotatable bonds is 3. The Kier molecular flexibility index (Phi) is 4.68. The molecule has 1 aliphatic rings. The van der Waals surface area contributed by atoms with Crippen LogP contribution < -0.4 is 20.2 Å². The normalized spacial score (nSPS) is 12.4. The number of nitrogens with one attached hydrogen (secondary N) is 2. The van der Waals surface area contributed by atoms with Gasteiger partial charge in [0.05, 0.1) is 6.21 Å². The summed E-state index contributed by atoms with van der Waals surface area (Å²) in [6.07, 6.45) is 1.57. The third-order valence-corrected chi connectivity index (χ3v) is 5.01. The van der Waals surface area contributed by atoms with Gasteiger partial charge in [-0.15, -0.1) is 0 Å². The highest BCUT2D eigenvalue weighted by Gasteiger charge is 2.17. The van der Waals surface area contributed by atoms with Gasteiger partial charge in [-0.05, 0) is 39.7 Å². The van der Waals surface area contributed by atoms with Crippen molar-refractivity contribution in [1.29, 1.82) is 0 Å². The third-order valence-electron chi connectivity index (χ3n) is 5.01. The number of carbonyl (C=O) groups excluding carboxylic acids is 2. The fourth-order valence-corrected chi connectivity index (χ4v) is 3.56. The molecule has 2 amide bonds. The van der Waals surface area contributed by atoms with E-state index in [-0.39, 0.29) is 6.79 Å². The standard InChI is InChI=1S/C24H17N3O4/c28-23(26-17-9-10-21-22(12-17)31-14-30-21)24(29)27-25-13-20-18-7-3-1-5-15(18)11-16-6-2-4-8-19(16)20/h1-13H,14H2,(H,26,28)(H,27,29)/b25-13-. The molecule has 1 heterocycles. The lowest BCUT2D eigenvalue weighted by Crippen LogP contribution is -2.32. The van der Waals surface area contributed by atoms with Gasteiger partial charge in [0.25, 0.3) is 0 Å². The molecule has 0 aliphatic carbocycles. The maximum absolute atomic E-state index is 12.2. The van der Waals surface area contributed by atoms with E-state index in [2.05, 4.69) is 21.9 Å². The van der Waals surface area contributed by atoms with Crippen molar-refractivity contribution in [1.82, 2.24) is 5.43 Å². The van der Waals surface area contributed by atoms with Crippen LogP contribution in [-0.4, -0.2) is 24.8 Å². The molecule has 0 spiro atoms. The lowest BCUT2D eigenvalue weighted by Gasteiger charge is -2.08. The van der Waals surface area contributed by atoms with Gasteiger partial charge in [0.15, 0.2) is 11.5 Å². The summed E-state index contributed by atoms with van der Waals surface area (Å²) in [5.74, 6) is -0.606. The molecule has 4 aromatic rings. The fourth-order valence-electron chi connectivity index (χ4n) is 3.56. The van der Waals surface area contributed by atoms with Crippen LogP contribution in [0.2, 0.25) is 0 Å². The molecular weight excluding hydrogens is 394 g/mol. The number of hydrogen-bond donors (Lipinski definition) is 2. The molecule has 0 unspecified atom stereocenters. The Morgan fingerprint density at radius 2 is 1.48 bits per heavy atom. The average molecular weight is 411 g/mol. The van der Waals surface area contributed by atoms with Gasteiger partial charge in [-0.3, -0.25) is 9.59 Å². The van der Waals surface area contributed by atoms with Gasteiger partial charge in [0.2, 0.25) is 6.79 Å². The van der Waals surface area contributed by atoms with Crippen LogP contribution in [0.3, 0.4) is 0 Å². The number of hydrazone groups is 1. The van der Waals surface area contributed by atoms with E-state index in [1.165, 1.54) is 0 Å². The van der Waals surface area contributed by atoms with E-state index in [0.29, 0.717) is 17.2 Å². The molecule has 152 valence electrons. The SMILES string of the molecule is O=C(N/N=C\c1c2ccccc2cc2ccccc12)C(=O)Nc1ccc2c(c1)OCO2. The van der Waals surface area contributed by atoms with Crippen LogP contribution in [0.1, 0.15) is 5.56 Å². The molecule has 31 heavy (non-hydrogen) atoms. The predicted molar refractivity (Wildman–Crippen MR) is 118 cm³/mol. The highest BCUT2D eigenvalue weighted by atomic mass is 16.7. The molecule has 7 heteroatoms. The molecule has 0 aromatic heterocycles. The third kappa shape index (κ3) is 3.64. The summed E-state index contributed by atoms with van der Waals surface area (Å²) >= 11 is 0. The molecule has 0 saturated carbocycles. The molecule has 1 aliphatic heterocycles. The van der Waals surface area contributed by atoms with Crippen LogP contribution in [0, 0.1) is 0 Å². The smallest absolute Gasteiger partial charge is 0.329 e. The molecular formula is C24H17N3O4. The molecule has 0 atom stereocenters. The van der Waals surface area contributed by atoms with Crippen LogP contribution >= 0.6 is 0 Å². The molecule has 7 nitrogen and oxygen atoms in total.